The zero-order valence-corrected chi connectivity index (χ0v) is 17.0. The van der Waals surface area contributed by atoms with E-state index in [-0.39, 0.29) is 23.9 Å². The van der Waals surface area contributed by atoms with E-state index >= 15 is 0 Å². The average Bonchev–Trinajstić information content (AvgIpc) is 2.71. The van der Waals surface area contributed by atoms with Gasteiger partial charge in [0, 0.05) is 52.0 Å². The Labute approximate surface area is 168 Å². The Morgan fingerprint density at radius 1 is 1.14 bits per heavy atom. The van der Waals surface area contributed by atoms with Gasteiger partial charge in [-0.3, -0.25) is 14.5 Å². The van der Waals surface area contributed by atoms with Gasteiger partial charge in [0.1, 0.15) is 0 Å². The Hall–Kier alpha value is -2.11. The summed E-state index contributed by atoms with van der Waals surface area (Å²) >= 11 is 0. The zero-order chi connectivity index (χ0) is 21.4. The topological polar surface area (TPSA) is 96.0 Å². The van der Waals surface area contributed by atoms with Gasteiger partial charge in [0.15, 0.2) is 0 Å². The molecule has 0 radical (unpaired) electrons. The maximum atomic E-state index is 12.6. The van der Waals surface area contributed by atoms with Crippen molar-refractivity contribution in [1.82, 2.24) is 15.1 Å². The van der Waals surface area contributed by atoms with Crippen LogP contribution in [0.3, 0.4) is 0 Å². The third-order valence-electron chi connectivity index (χ3n) is 4.54. The first-order chi connectivity index (χ1) is 13.8. The highest BCUT2D eigenvalue weighted by Gasteiger charge is 2.27. The molecule has 1 saturated heterocycles. The van der Waals surface area contributed by atoms with Gasteiger partial charge in [-0.05, 0) is 30.7 Å². The molecule has 162 valence electrons. The van der Waals surface area contributed by atoms with Gasteiger partial charge in [-0.1, -0.05) is 0 Å². The number of ether oxygens (including phenoxy) is 1. The van der Waals surface area contributed by atoms with Crippen LogP contribution >= 0.6 is 0 Å². The Bertz CT molecular complexity index is 794. The van der Waals surface area contributed by atoms with Gasteiger partial charge >= 0.3 is 5.76 Å². The monoisotopic (exact) mass is 433 g/mol. The van der Waals surface area contributed by atoms with Crippen molar-refractivity contribution >= 4 is 21.7 Å². The second kappa shape index (κ2) is 10.6. The SMILES string of the molecule is COCCCNC(=O)CN1CCN(C(=O)c2ccc(S(=O)(=O)C(F)F)cc2)CC1. The highest BCUT2D eigenvalue weighted by Crippen LogP contribution is 2.19. The lowest BCUT2D eigenvalue weighted by atomic mass is 10.2. The number of hydrogen-bond acceptors (Lipinski definition) is 6. The van der Waals surface area contributed by atoms with E-state index in [1.54, 1.807) is 12.0 Å². The molecule has 11 heteroatoms. The number of rotatable bonds is 9. The van der Waals surface area contributed by atoms with Gasteiger partial charge < -0.3 is 15.0 Å². The number of sulfone groups is 1. The van der Waals surface area contributed by atoms with Crippen LogP contribution in [0.5, 0.6) is 0 Å². The standard InChI is InChI=1S/C18H25F2N3O5S/c1-28-12-2-7-21-16(24)13-22-8-10-23(11-9-22)17(25)14-3-5-15(6-4-14)29(26,27)18(19)20/h3-6,18H,2,7-13H2,1H3,(H,21,24). The van der Waals surface area contributed by atoms with Crippen LogP contribution in [0.1, 0.15) is 16.8 Å². The maximum absolute atomic E-state index is 12.6. The van der Waals surface area contributed by atoms with E-state index in [1.807, 2.05) is 4.90 Å². The molecule has 2 amide bonds. The quantitative estimate of drug-likeness (QED) is 0.573. The predicted octanol–water partition coefficient (Wildman–Crippen LogP) is 0.593. The molecule has 8 nitrogen and oxygen atoms in total. The molecule has 1 N–H and O–H groups in total. The molecule has 1 fully saturated rings. The summed E-state index contributed by atoms with van der Waals surface area (Å²) in [6.07, 6.45) is 0.738. The predicted molar refractivity (Wildman–Crippen MR) is 101 cm³/mol. The first kappa shape index (κ1) is 23.2. The van der Waals surface area contributed by atoms with Crippen molar-refractivity contribution in [2.45, 2.75) is 17.1 Å². The van der Waals surface area contributed by atoms with E-state index < -0.39 is 20.5 Å². The van der Waals surface area contributed by atoms with Gasteiger partial charge in [-0.15, -0.1) is 0 Å². The normalized spacial score (nSPS) is 15.5. The second-order valence-corrected chi connectivity index (χ2v) is 8.51. The molecular formula is C18H25F2N3O5S. The molecule has 1 aliphatic rings. The fraction of sp³-hybridized carbons (Fsp3) is 0.556. The van der Waals surface area contributed by atoms with Crippen molar-refractivity contribution in [2.75, 3.05) is 53.0 Å². The smallest absolute Gasteiger partial charge is 0.341 e. The van der Waals surface area contributed by atoms with Crippen LogP contribution in [0.2, 0.25) is 0 Å². The van der Waals surface area contributed by atoms with Crippen LogP contribution in [0.25, 0.3) is 0 Å². The number of carbonyl (C=O) groups excluding carboxylic acids is 2. The summed E-state index contributed by atoms with van der Waals surface area (Å²) in [5, 5.41) is 2.81. The minimum atomic E-state index is -4.68. The number of alkyl halides is 2. The lowest BCUT2D eigenvalue weighted by molar-refractivity contribution is -0.122. The van der Waals surface area contributed by atoms with Gasteiger partial charge in [-0.25, -0.2) is 8.42 Å². The fourth-order valence-electron chi connectivity index (χ4n) is 2.89. The number of carbonyl (C=O) groups is 2. The minimum absolute atomic E-state index is 0.0864. The number of benzene rings is 1. The molecule has 1 aliphatic heterocycles. The number of amides is 2. The van der Waals surface area contributed by atoms with Crippen molar-refractivity contribution in [2.24, 2.45) is 0 Å². The van der Waals surface area contributed by atoms with Crippen molar-refractivity contribution < 1.29 is 31.5 Å². The fourth-order valence-corrected chi connectivity index (χ4v) is 3.61. The van der Waals surface area contributed by atoms with Crippen LogP contribution in [0, 0.1) is 0 Å². The molecular weight excluding hydrogens is 408 g/mol. The summed E-state index contributed by atoms with van der Waals surface area (Å²) in [5.74, 6) is -3.90. The summed E-state index contributed by atoms with van der Waals surface area (Å²) in [7, 11) is -3.08. The lowest BCUT2D eigenvalue weighted by Gasteiger charge is -2.34. The van der Waals surface area contributed by atoms with Crippen LogP contribution in [0.15, 0.2) is 29.2 Å². The largest absolute Gasteiger partial charge is 0.385 e. The van der Waals surface area contributed by atoms with Crippen molar-refractivity contribution in [1.29, 1.82) is 0 Å². The number of nitrogens with one attached hydrogen (secondary N) is 1. The molecule has 29 heavy (non-hydrogen) atoms. The van der Waals surface area contributed by atoms with Gasteiger partial charge in [0.25, 0.3) is 5.91 Å². The summed E-state index contributed by atoms with van der Waals surface area (Å²) in [6, 6.07) is 4.49. The van der Waals surface area contributed by atoms with Crippen LogP contribution in [0.4, 0.5) is 8.78 Å². The number of nitrogens with zero attached hydrogens (tertiary/aromatic N) is 2. The molecule has 1 aromatic carbocycles. The van der Waals surface area contributed by atoms with Gasteiger partial charge in [-0.2, -0.15) is 8.78 Å². The van der Waals surface area contributed by atoms with E-state index in [9.17, 15) is 26.8 Å². The summed E-state index contributed by atoms with van der Waals surface area (Å²) in [6.45, 7) is 3.23. The Morgan fingerprint density at radius 2 is 1.76 bits per heavy atom. The molecule has 1 aromatic rings. The van der Waals surface area contributed by atoms with Crippen LogP contribution in [-0.4, -0.2) is 88.8 Å². The molecule has 0 atom stereocenters. The molecule has 0 bridgehead atoms. The molecule has 0 aromatic heterocycles. The average molecular weight is 433 g/mol. The van der Waals surface area contributed by atoms with Crippen molar-refractivity contribution in [3.8, 4) is 0 Å². The first-order valence-electron chi connectivity index (χ1n) is 9.15. The number of methoxy groups -OCH3 is 1. The van der Waals surface area contributed by atoms with Crippen molar-refractivity contribution in [3.63, 3.8) is 0 Å². The van der Waals surface area contributed by atoms with Crippen molar-refractivity contribution in [3.05, 3.63) is 29.8 Å². The molecule has 0 aliphatic carbocycles. The Morgan fingerprint density at radius 3 is 2.31 bits per heavy atom. The Kier molecular flexibility index (Phi) is 8.47. The molecule has 1 heterocycles. The first-order valence-corrected chi connectivity index (χ1v) is 10.7. The number of halogens is 2. The molecule has 2 rings (SSSR count). The number of piperazine rings is 1. The third kappa shape index (κ3) is 6.44. The van der Waals surface area contributed by atoms with E-state index in [0.717, 1.165) is 18.6 Å². The maximum Gasteiger partial charge on any atom is 0.341 e. The van der Waals surface area contributed by atoms with Gasteiger partial charge in [0.05, 0.1) is 11.4 Å². The highest BCUT2D eigenvalue weighted by molar-refractivity contribution is 7.91. The van der Waals surface area contributed by atoms with Gasteiger partial charge in [0.2, 0.25) is 15.7 Å². The lowest BCUT2D eigenvalue weighted by Crippen LogP contribution is -2.51. The summed E-state index contributed by atoms with van der Waals surface area (Å²) in [5.41, 5.74) is 0.225. The zero-order valence-electron chi connectivity index (χ0n) is 16.1. The molecule has 0 unspecified atom stereocenters. The minimum Gasteiger partial charge on any atom is -0.385 e. The summed E-state index contributed by atoms with van der Waals surface area (Å²) in [4.78, 5) is 27.4. The summed E-state index contributed by atoms with van der Waals surface area (Å²) < 4.78 is 53.0. The van der Waals surface area contributed by atoms with E-state index in [4.69, 9.17) is 4.74 Å². The van der Waals surface area contributed by atoms with E-state index in [1.165, 1.54) is 12.1 Å². The van der Waals surface area contributed by atoms with E-state index in [2.05, 4.69) is 5.32 Å². The second-order valence-electron chi connectivity index (χ2n) is 6.59. The Balaban J connectivity index is 1.83. The highest BCUT2D eigenvalue weighted by atomic mass is 32.2. The van der Waals surface area contributed by atoms with E-state index in [0.29, 0.717) is 39.3 Å². The molecule has 0 spiro atoms. The molecule has 0 saturated carbocycles. The van der Waals surface area contributed by atoms with Crippen LogP contribution < -0.4 is 5.32 Å². The third-order valence-corrected chi connectivity index (χ3v) is 5.94. The van der Waals surface area contributed by atoms with Crippen LogP contribution in [-0.2, 0) is 19.4 Å². The number of hydrogen-bond donors (Lipinski definition) is 1.